The Bertz CT molecular complexity index is 793. The highest BCUT2D eigenvalue weighted by Gasteiger charge is 2.47. The van der Waals surface area contributed by atoms with E-state index in [4.69, 9.17) is 4.74 Å². The summed E-state index contributed by atoms with van der Waals surface area (Å²) in [5.74, 6) is 0.614. The first-order valence-electron chi connectivity index (χ1n) is 7.91. The number of thiazole rings is 1. The summed E-state index contributed by atoms with van der Waals surface area (Å²) in [7, 11) is 1.62. The second-order valence-electron chi connectivity index (χ2n) is 6.08. The Kier molecular flexibility index (Phi) is 4.41. The summed E-state index contributed by atoms with van der Waals surface area (Å²) in [6.45, 7) is 3.29. The van der Waals surface area contributed by atoms with Gasteiger partial charge in [-0.2, -0.15) is 0 Å². The number of anilines is 1. The van der Waals surface area contributed by atoms with Gasteiger partial charge in [0.1, 0.15) is 5.75 Å². The third-order valence-corrected chi connectivity index (χ3v) is 5.77. The molecule has 0 saturated heterocycles. The van der Waals surface area contributed by atoms with Crippen molar-refractivity contribution in [1.29, 1.82) is 0 Å². The maximum absolute atomic E-state index is 13.0. The Balaban J connectivity index is 1.90. The number of nitrogens with zero attached hydrogens (tertiary/aromatic N) is 1. The molecule has 6 heteroatoms. The van der Waals surface area contributed by atoms with Gasteiger partial charge in [0.15, 0.2) is 10.9 Å². The average molecular weight is 344 g/mol. The lowest BCUT2D eigenvalue weighted by molar-refractivity contribution is -0.124. The van der Waals surface area contributed by atoms with Crippen molar-refractivity contribution < 1.29 is 14.3 Å². The number of amides is 1. The highest BCUT2D eigenvalue weighted by Crippen LogP contribution is 2.48. The van der Waals surface area contributed by atoms with Gasteiger partial charge in [0, 0.05) is 12.5 Å². The summed E-state index contributed by atoms with van der Waals surface area (Å²) in [5.41, 5.74) is 0.988. The highest BCUT2D eigenvalue weighted by atomic mass is 32.1. The van der Waals surface area contributed by atoms with Crippen LogP contribution in [-0.4, -0.2) is 23.8 Å². The predicted molar refractivity (Wildman–Crippen MR) is 94.0 cm³/mol. The van der Waals surface area contributed by atoms with Crippen molar-refractivity contribution in [2.75, 3.05) is 12.4 Å². The molecule has 24 heavy (non-hydrogen) atoms. The molecular formula is C18H20N2O3S. The van der Waals surface area contributed by atoms with Crippen molar-refractivity contribution in [1.82, 2.24) is 4.98 Å². The van der Waals surface area contributed by atoms with Crippen LogP contribution >= 0.6 is 11.3 Å². The smallest absolute Gasteiger partial charge is 0.236 e. The molecule has 3 rings (SSSR count). The molecule has 0 unspecified atom stereocenters. The molecule has 2 aromatic rings. The Hall–Kier alpha value is -2.21. The van der Waals surface area contributed by atoms with Crippen LogP contribution in [0.3, 0.4) is 0 Å². The monoisotopic (exact) mass is 344 g/mol. The second kappa shape index (κ2) is 6.36. The molecule has 1 aromatic heterocycles. The van der Waals surface area contributed by atoms with Gasteiger partial charge in [0.05, 0.1) is 23.1 Å². The van der Waals surface area contributed by atoms with E-state index in [2.05, 4.69) is 10.3 Å². The number of ketones is 1. The molecule has 1 amide bonds. The first-order chi connectivity index (χ1) is 11.5. The first kappa shape index (κ1) is 16.6. The van der Waals surface area contributed by atoms with Crippen LogP contribution in [0.2, 0.25) is 0 Å². The minimum atomic E-state index is -0.581. The van der Waals surface area contributed by atoms with E-state index in [-0.39, 0.29) is 11.7 Å². The third kappa shape index (κ3) is 2.71. The van der Waals surface area contributed by atoms with Gasteiger partial charge in [-0.15, -0.1) is 0 Å². The van der Waals surface area contributed by atoms with Crippen LogP contribution in [0.5, 0.6) is 5.75 Å². The Labute approximate surface area is 145 Å². The third-order valence-electron chi connectivity index (χ3n) is 4.60. The Morgan fingerprint density at radius 2 is 2.00 bits per heavy atom. The van der Waals surface area contributed by atoms with E-state index < -0.39 is 5.41 Å². The number of Topliss-reactive ketones (excluding diaryl/α,β-unsaturated/α-hetero) is 1. The molecule has 1 heterocycles. The van der Waals surface area contributed by atoms with Crippen molar-refractivity contribution in [3.8, 4) is 5.75 Å². The molecule has 126 valence electrons. The standard InChI is InChI=1S/C18H20N2O3S/c1-11-15(12(2)21)24-17(19-11)20-16(22)18(9-6-10-18)13-7-4-5-8-14(13)23-3/h4-5,7-8H,6,9-10H2,1-3H3,(H,19,20,22). The summed E-state index contributed by atoms with van der Waals surface area (Å²) >= 11 is 1.23. The molecule has 1 saturated carbocycles. The maximum Gasteiger partial charge on any atom is 0.236 e. The normalized spacial score (nSPS) is 15.5. The molecule has 0 bridgehead atoms. The molecular weight excluding hydrogens is 324 g/mol. The molecule has 1 aliphatic carbocycles. The lowest BCUT2D eigenvalue weighted by Gasteiger charge is -2.41. The zero-order valence-corrected chi connectivity index (χ0v) is 14.8. The van der Waals surface area contributed by atoms with E-state index in [1.807, 2.05) is 24.3 Å². The van der Waals surface area contributed by atoms with Crippen LogP contribution in [0.15, 0.2) is 24.3 Å². The fourth-order valence-electron chi connectivity index (χ4n) is 3.18. The number of aromatic nitrogens is 1. The summed E-state index contributed by atoms with van der Waals surface area (Å²) in [6.07, 6.45) is 2.56. The van der Waals surface area contributed by atoms with Crippen molar-refractivity contribution in [2.45, 2.75) is 38.5 Å². The summed E-state index contributed by atoms with van der Waals surface area (Å²) in [4.78, 5) is 29.5. The van der Waals surface area contributed by atoms with Gasteiger partial charge in [0.2, 0.25) is 5.91 Å². The predicted octanol–water partition coefficient (Wildman–Crippen LogP) is 3.72. The van der Waals surface area contributed by atoms with Crippen LogP contribution in [-0.2, 0) is 10.2 Å². The number of para-hydroxylation sites is 1. The minimum Gasteiger partial charge on any atom is -0.496 e. The van der Waals surface area contributed by atoms with Gasteiger partial charge < -0.3 is 10.1 Å². The average Bonchev–Trinajstić information content (AvgIpc) is 2.87. The van der Waals surface area contributed by atoms with E-state index in [0.717, 1.165) is 30.6 Å². The van der Waals surface area contributed by atoms with Gasteiger partial charge >= 0.3 is 0 Å². The summed E-state index contributed by atoms with van der Waals surface area (Å²) in [6, 6.07) is 7.65. The summed E-state index contributed by atoms with van der Waals surface area (Å²) in [5, 5.41) is 3.39. The number of ether oxygens (including phenoxy) is 1. The molecule has 1 aliphatic rings. The zero-order valence-electron chi connectivity index (χ0n) is 14.0. The topological polar surface area (TPSA) is 68.3 Å². The molecule has 0 spiro atoms. The van der Waals surface area contributed by atoms with Crippen LogP contribution in [0.25, 0.3) is 0 Å². The molecule has 0 aliphatic heterocycles. The van der Waals surface area contributed by atoms with E-state index >= 15 is 0 Å². The fourth-order valence-corrected chi connectivity index (χ4v) is 4.04. The van der Waals surface area contributed by atoms with E-state index in [0.29, 0.717) is 15.7 Å². The lowest BCUT2D eigenvalue weighted by atomic mass is 9.63. The number of rotatable bonds is 5. The van der Waals surface area contributed by atoms with Gasteiger partial charge in [-0.1, -0.05) is 36.0 Å². The quantitative estimate of drug-likeness (QED) is 0.839. The van der Waals surface area contributed by atoms with E-state index in [1.165, 1.54) is 18.3 Å². The number of methoxy groups -OCH3 is 1. The number of benzene rings is 1. The number of hydrogen-bond acceptors (Lipinski definition) is 5. The fraction of sp³-hybridized carbons (Fsp3) is 0.389. The lowest BCUT2D eigenvalue weighted by Crippen LogP contribution is -2.46. The molecule has 1 fully saturated rings. The number of carbonyl (C=O) groups is 2. The van der Waals surface area contributed by atoms with Crippen LogP contribution in [0, 0.1) is 6.92 Å². The largest absolute Gasteiger partial charge is 0.496 e. The van der Waals surface area contributed by atoms with Crippen LogP contribution in [0.4, 0.5) is 5.13 Å². The molecule has 0 radical (unpaired) electrons. The number of hydrogen-bond donors (Lipinski definition) is 1. The number of carbonyl (C=O) groups excluding carboxylic acids is 2. The molecule has 0 atom stereocenters. The first-order valence-corrected chi connectivity index (χ1v) is 8.73. The van der Waals surface area contributed by atoms with E-state index in [9.17, 15) is 9.59 Å². The van der Waals surface area contributed by atoms with E-state index in [1.54, 1.807) is 14.0 Å². The van der Waals surface area contributed by atoms with Crippen molar-refractivity contribution >= 4 is 28.2 Å². The summed E-state index contributed by atoms with van der Waals surface area (Å²) < 4.78 is 5.44. The van der Waals surface area contributed by atoms with Crippen LogP contribution < -0.4 is 10.1 Å². The molecule has 5 nitrogen and oxygen atoms in total. The van der Waals surface area contributed by atoms with Gasteiger partial charge in [-0.05, 0) is 25.8 Å². The SMILES string of the molecule is COc1ccccc1C1(C(=O)Nc2nc(C)c(C(C)=O)s2)CCC1. The maximum atomic E-state index is 13.0. The highest BCUT2D eigenvalue weighted by molar-refractivity contribution is 7.17. The minimum absolute atomic E-state index is 0.0337. The number of aryl methyl sites for hydroxylation is 1. The molecule has 1 N–H and O–H groups in total. The molecule has 1 aromatic carbocycles. The second-order valence-corrected chi connectivity index (χ2v) is 7.08. The van der Waals surface area contributed by atoms with Crippen LogP contribution in [0.1, 0.15) is 47.1 Å². The van der Waals surface area contributed by atoms with Crippen molar-refractivity contribution in [3.63, 3.8) is 0 Å². The Morgan fingerprint density at radius 1 is 1.29 bits per heavy atom. The number of nitrogens with one attached hydrogen (secondary N) is 1. The Morgan fingerprint density at radius 3 is 2.54 bits per heavy atom. The van der Waals surface area contributed by atoms with Gasteiger partial charge in [0.25, 0.3) is 0 Å². The van der Waals surface area contributed by atoms with Crippen molar-refractivity contribution in [2.24, 2.45) is 0 Å². The van der Waals surface area contributed by atoms with Gasteiger partial charge in [-0.3, -0.25) is 9.59 Å². The zero-order chi connectivity index (χ0) is 17.3. The van der Waals surface area contributed by atoms with Gasteiger partial charge in [-0.25, -0.2) is 4.98 Å². The van der Waals surface area contributed by atoms with Crippen molar-refractivity contribution in [3.05, 3.63) is 40.4 Å².